The largest absolute Gasteiger partial charge is 0.466 e. The molecule has 0 aromatic carbocycles. The van der Waals surface area contributed by atoms with Crippen LogP contribution < -0.4 is 0 Å². The summed E-state index contributed by atoms with van der Waals surface area (Å²) in [6.45, 7) is 3.11. The fraction of sp³-hybridized carbons (Fsp3) is 0.500. The van der Waals surface area contributed by atoms with Gasteiger partial charge in [0.25, 0.3) is 0 Å². The van der Waals surface area contributed by atoms with Crippen molar-refractivity contribution in [3.8, 4) is 0 Å². The second-order valence-electron chi connectivity index (χ2n) is 7.15. The zero-order valence-corrected chi connectivity index (χ0v) is 14.1. The van der Waals surface area contributed by atoms with Gasteiger partial charge in [0.05, 0.1) is 6.04 Å². The maximum Gasteiger partial charge on any atom is 0.223 e. The molecule has 4 rings (SSSR count). The summed E-state index contributed by atoms with van der Waals surface area (Å²) >= 11 is 0. The van der Waals surface area contributed by atoms with Crippen LogP contribution in [0.4, 0.5) is 0 Å². The summed E-state index contributed by atoms with van der Waals surface area (Å²) in [7, 11) is 0. The van der Waals surface area contributed by atoms with Gasteiger partial charge >= 0.3 is 0 Å². The van der Waals surface area contributed by atoms with Crippen LogP contribution in [0, 0.1) is 5.92 Å². The van der Waals surface area contributed by atoms with E-state index < -0.39 is 0 Å². The van der Waals surface area contributed by atoms with Gasteiger partial charge in [-0.15, -0.1) is 0 Å². The topological polar surface area (TPSA) is 46.3 Å². The average molecular weight is 324 g/mol. The number of hydrogen-bond donors (Lipinski definition) is 0. The van der Waals surface area contributed by atoms with E-state index in [4.69, 9.17) is 4.42 Å². The lowest BCUT2D eigenvalue weighted by Crippen LogP contribution is -2.30. The summed E-state index contributed by atoms with van der Waals surface area (Å²) in [6, 6.07) is 8.37. The van der Waals surface area contributed by atoms with Crippen molar-refractivity contribution in [3.05, 3.63) is 53.7 Å². The van der Waals surface area contributed by atoms with Crippen LogP contribution in [0.3, 0.4) is 0 Å². The molecule has 0 N–H and O–H groups in total. The zero-order chi connectivity index (χ0) is 16.5. The summed E-state index contributed by atoms with van der Waals surface area (Å²) in [5.74, 6) is 3.62. The quantitative estimate of drug-likeness (QED) is 0.832. The average Bonchev–Trinajstić information content (AvgIpc) is 3.05. The summed E-state index contributed by atoms with van der Waals surface area (Å²) < 4.78 is 5.92. The lowest BCUT2D eigenvalue weighted by molar-refractivity contribution is -0.132. The molecule has 126 valence electrons. The second-order valence-corrected chi connectivity index (χ2v) is 7.15. The van der Waals surface area contributed by atoms with Crippen molar-refractivity contribution >= 4 is 5.91 Å². The lowest BCUT2D eigenvalue weighted by Gasteiger charge is -2.25. The number of aryl methyl sites for hydroxylation is 1. The monoisotopic (exact) mass is 324 g/mol. The number of furan rings is 1. The van der Waals surface area contributed by atoms with Gasteiger partial charge in [-0.05, 0) is 55.0 Å². The van der Waals surface area contributed by atoms with Crippen LogP contribution in [-0.4, -0.2) is 22.3 Å². The summed E-state index contributed by atoms with van der Waals surface area (Å²) in [4.78, 5) is 18.8. The van der Waals surface area contributed by atoms with Gasteiger partial charge in [-0.2, -0.15) is 0 Å². The van der Waals surface area contributed by atoms with E-state index in [0.29, 0.717) is 18.8 Å². The third kappa shape index (κ3) is 3.10. The van der Waals surface area contributed by atoms with E-state index in [1.165, 1.54) is 12.0 Å². The molecule has 3 heterocycles. The zero-order valence-electron chi connectivity index (χ0n) is 14.1. The van der Waals surface area contributed by atoms with E-state index in [-0.39, 0.29) is 11.9 Å². The van der Waals surface area contributed by atoms with Gasteiger partial charge in [0.2, 0.25) is 5.91 Å². The minimum absolute atomic E-state index is 0.208. The van der Waals surface area contributed by atoms with E-state index in [9.17, 15) is 4.79 Å². The molecule has 1 saturated heterocycles. The molecule has 4 nitrogen and oxygen atoms in total. The molecule has 0 bridgehead atoms. The number of pyridine rings is 1. The fourth-order valence-electron chi connectivity index (χ4n) is 3.82. The number of nitrogens with zero attached hydrogens (tertiary/aromatic N) is 2. The highest BCUT2D eigenvalue weighted by atomic mass is 16.3. The fourth-order valence-corrected chi connectivity index (χ4v) is 3.82. The predicted molar refractivity (Wildman–Crippen MR) is 91.5 cm³/mol. The number of aromatic nitrogens is 1. The molecule has 2 aromatic heterocycles. The molecule has 2 aliphatic rings. The molecular formula is C20H24N2O2. The summed E-state index contributed by atoms with van der Waals surface area (Å²) in [6.07, 6.45) is 8.17. The molecule has 2 fully saturated rings. The first-order valence-electron chi connectivity index (χ1n) is 9.00. The van der Waals surface area contributed by atoms with Crippen molar-refractivity contribution in [1.82, 2.24) is 9.88 Å². The third-order valence-corrected chi connectivity index (χ3v) is 5.41. The van der Waals surface area contributed by atoms with Crippen molar-refractivity contribution in [1.29, 1.82) is 0 Å². The standard InChI is InChI=1S/C20H24N2O2/c1-14-13-17(14)19-6-4-16(24-19)5-7-20(23)22-12-2-3-18(22)15-8-10-21-11-9-15/h4,6,8-11,14,17-18H,2-3,5,7,12-13H2,1H3. The van der Waals surface area contributed by atoms with Gasteiger partial charge in [-0.1, -0.05) is 6.92 Å². The van der Waals surface area contributed by atoms with E-state index >= 15 is 0 Å². The summed E-state index contributed by atoms with van der Waals surface area (Å²) in [5.41, 5.74) is 1.19. The Labute approximate surface area is 142 Å². The van der Waals surface area contributed by atoms with Crippen LogP contribution in [0.15, 0.2) is 41.1 Å². The second kappa shape index (κ2) is 6.42. The molecule has 0 spiro atoms. The molecule has 1 amide bonds. The summed E-state index contributed by atoms with van der Waals surface area (Å²) in [5, 5.41) is 0. The van der Waals surface area contributed by atoms with Crippen LogP contribution in [0.25, 0.3) is 0 Å². The van der Waals surface area contributed by atoms with Crippen molar-refractivity contribution in [2.45, 2.75) is 51.0 Å². The van der Waals surface area contributed by atoms with Crippen molar-refractivity contribution in [2.75, 3.05) is 6.54 Å². The van der Waals surface area contributed by atoms with Gasteiger partial charge < -0.3 is 9.32 Å². The first-order chi connectivity index (χ1) is 11.7. The molecule has 2 aromatic rings. The van der Waals surface area contributed by atoms with Gasteiger partial charge in [0, 0.05) is 37.7 Å². The number of likely N-dealkylation sites (tertiary alicyclic amines) is 1. The Kier molecular flexibility index (Phi) is 4.13. The maximum atomic E-state index is 12.7. The van der Waals surface area contributed by atoms with Gasteiger partial charge in [0.15, 0.2) is 0 Å². The van der Waals surface area contributed by atoms with Crippen molar-refractivity contribution < 1.29 is 9.21 Å². The Bertz CT molecular complexity index is 709. The Balaban J connectivity index is 1.36. The SMILES string of the molecule is CC1CC1c1ccc(CCC(=O)N2CCCC2c2ccncc2)o1. The smallest absolute Gasteiger partial charge is 0.223 e. The lowest BCUT2D eigenvalue weighted by atomic mass is 10.1. The van der Waals surface area contributed by atoms with Crippen molar-refractivity contribution in [2.24, 2.45) is 5.92 Å². The Morgan fingerprint density at radius 3 is 2.83 bits per heavy atom. The number of carbonyl (C=O) groups excluding carboxylic acids is 1. The highest BCUT2D eigenvalue weighted by Crippen LogP contribution is 2.47. The normalized spacial score (nSPS) is 25.9. The highest BCUT2D eigenvalue weighted by molar-refractivity contribution is 5.77. The Hall–Kier alpha value is -2.10. The molecule has 0 radical (unpaired) electrons. The molecule has 1 saturated carbocycles. The minimum Gasteiger partial charge on any atom is -0.466 e. The van der Waals surface area contributed by atoms with E-state index in [1.54, 1.807) is 12.4 Å². The van der Waals surface area contributed by atoms with Gasteiger partial charge in [0.1, 0.15) is 11.5 Å². The molecule has 3 unspecified atom stereocenters. The number of amides is 1. The molecule has 3 atom stereocenters. The maximum absolute atomic E-state index is 12.7. The predicted octanol–water partition coefficient (Wildman–Crippen LogP) is 4.09. The first kappa shape index (κ1) is 15.4. The molecule has 4 heteroatoms. The molecule has 24 heavy (non-hydrogen) atoms. The van der Waals surface area contributed by atoms with Crippen LogP contribution in [0.5, 0.6) is 0 Å². The molecule has 1 aliphatic carbocycles. The van der Waals surface area contributed by atoms with Crippen LogP contribution >= 0.6 is 0 Å². The van der Waals surface area contributed by atoms with E-state index in [2.05, 4.69) is 18.0 Å². The Morgan fingerprint density at radius 2 is 2.08 bits per heavy atom. The van der Waals surface area contributed by atoms with Gasteiger partial charge in [-0.25, -0.2) is 0 Å². The number of carbonyl (C=O) groups is 1. The molecular weight excluding hydrogens is 300 g/mol. The first-order valence-corrected chi connectivity index (χ1v) is 9.00. The Morgan fingerprint density at radius 1 is 1.29 bits per heavy atom. The van der Waals surface area contributed by atoms with Gasteiger partial charge in [-0.3, -0.25) is 9.78 Å². The third-order valence-electron chi connectivity index (χ3n) is 5.41. The van der Waals surface area contributed by atoms with Crippen LogP contribution in [0.1, 0.15) is 61.7 Å². The van der Waals surface area contributed by atoms with Crippen LogP contribution in [0.2, 0.25) is 0 Å². The number of hydrogen-bond acceptors (Lipinski definition) is 3. The number of rotatable bonds is 5. The van der Waals surface area contributed by atoms with E-state index in [1.807, 2.05) is 23.1 Å². The van der Waals surface area contributed by atoms with E-state index in [0.717, 1.165) is 36.8 Å². The minimum atomic E-state index is 0.208. The van der Waals surface area contributed by atoms with Crippen LogP contribution in [-0.2, 0) is 11.2 Å². The van der Waals surface area contributed by atoms with Crippen molar-refractivity contribution in [3.63, 3.8) is 0 Å². The highest BCUT2D eigenvalue weighted by Gasteiger charge is 2.36. The molecule has 1 aliphatic heterocycles.